The molecule has 0 aromatic heterocycles. The normalized spacial score (nSPS) is 10.4. The van der Waals surface area contributed by atoms with Crippen molar-refractivity contribution in [2.24, 2.45) is 0 Å². The summed E-state index contributed by atoms with van der Waals surface area (Å²) >= 11 is 0. The molecule has 0 spiro atoms. The smallest absolute Gasteiger partial charge is 0.173 e. The van der Waals surface area contributed by atoms with Gasteiger partial charge in [0.25, 0.3) is 0 Å². The minimum atomic E-state index is -1.18. The average Bonchev–Trinajstić information content (AvgIpc) is 2.32. The molecular formula is C14H16F2O2. The lowest BCUT2D eigenvalue weighted by molar-refractivity contribution is -0.118. The van der Waals surface area contributed by atoms with E-state index in [4.69, 9.17) is 0 Å². The molecule has 0 aliphatic heterocycles. The molecule has 0 atom stereocenters. The number of unbranched alkanes of at least 4 members (excludes halogenated alkanes) is 2. The SMILES string of the molecule is CCCCCC(=O)CC(=O)c1cccc(F)c1F. The lowest BCUT2D eigenvalue weighted by Crippen LogP contribution is -2.10. The fraction of sp³-hybridized carbons (Fsp3) is 0.429. The molecule has 98 valence electrons. The van der Waals surface area contributed by atoms with Gasteiger partial charge in [-0.15, -0.1) is 0 Å². The van der Waals surface area contributed by atoms with Crippen molar-refractivity contribution in [3.63, 3.8) is 0 Å². The van der Waals surface area contributed by atoms with Crippen LogP contribution in [-0.2, 0) is 4.79 Å². The van der Waals surface area contributed by atoms with Gasteiger partial charge in [0.2, 0.25) is 0 Å². The zero-order valence-electron chi connectivity index (χ0n) is 10.3. The van der Waals surface area contributed by atoms with Crippen LogP contribution in [0.1, 0.15) is 49.4 Å². The molecule has 18 heavy (non-hydrogen) atoms. The lowest BCUT2D eigenvalue weighted by atomic mass is 10.0. The molecule has 0 radical (unpaired) electrons. The highest BCUT2D eigenvalue weighted by Gasteiger charge is 2.17. The number of halogens is 2. The largest absolute Gasteiger partial charge is 0.299 e. The number of rotatable bonds is 7. The molecule has 0 N–H and O–H groups in total. The Hall–Kier alpha value is -1.58. The number of ketones is 2. The van der Waals surface area contributed by atoms with E-state index in [2.05, 4.69) is 0 Å². The summed E-state index contributed by atoms with van der Waals surface area (Å²) in [5.74, 6) is -3.13. The molecule has 0 saturated heterocycles. The first-order chi connectivity index (χ1) is 8.56. The van der Waals surface area contributed by atoms with Crippen molar-refractivity contribution < 1.29 is 18.4 Å². The Bertz CT molecular complexity index is 441. The Morgan fingerprint density at radius 2 is 1.89 bits per heavy atom. The molecule has 2 nitrogen and oxygen atoms in total. The molecule has 1 aromatic rings. The van der Waals surface area contributed by atoms with Gasteiger partial charge in [-0.25, -0.2) is 8.78 Å². The van der Waals surface area contributed by atoms with Crippen molar-refractivity contribution in [2.75, 3.05) is 0 Å². The number of hydrogen-bond acceptors (Lipinski definition) is 2. The summed E-state index contributed by atoms with van der Waals surface area (Å²) in [6.07, 6.45) is 2.60. The van der Waals surface area contributed by atoms with Gasteiger partial charge in [-0.1, -0.05) is 25.8 Å². The molecule has 0 aliphatic carbocycles. The van der Waals surface area contributed by atoms with Gasteiger partial charge in [0.05, 0.1) is 12.0 Å². The molecule has 0 fully saturated rings. The van der Waals surface area contributed by atoms with Crippen LogP contribution in [0, 0.1) is 11.6 Å². The van der Waals surface area contributed by atoms with Crippen LogP contribution in [0.25, 0.3) is 0 Å². The van der Waals surface area contributed by atoms with Gasteiger partial charge in [0.15, 0.2) is 17.4 Å². The lowest BCUT2D eigenvalue weighted by Gasteiger charge is -2.03. The molecule has 1 rings (SSSR count). The van der Waals surface area contributed by atoms with Gasteiger partial charge >= 0.3 is 0 Å². The van der Waals surface area contributed by atoms with Crippen LogP contribution in [0.4, 0.5) is 8.78 Å². The highest BCUT2D eigenvalue weighted by atomic mass is 19.2. The zero-order valence-corrected chi connectivity index (χ0v) is 10.3. The van der Waals surface area contributed by atoms with E-state index < -0.39 is 17.4 Å². The number of hydrogen-bond donors (Lipinski definition) is 0. The number of carbonyl (C=O) groups excluding carboxylic acids is 2. The summed E-state index contributed by atoms with van der Waals surface area (Å²) in [6.45, 7) is 2.01. The molecule has 0 aliphatic rings. The molecule has 0 bridgehead atoms. The third-order valence-corrected chi connectivity index (χ3v) is 2.67. The van der Waals surface area contributed by atoms with E-state index >= 15 is 0 Å². The maximum Gasteiger partial charge on any atom is 0.173 e. The molecule has 0 amide bonds. The Kier molecular flexibility index (Phi) is 5.62. The Labute approximate surface area is 105 Å². The summed E-state index contributed by atoms with van der Waals surface area (Å²) < 4.78 is 26.2. The number of Topliss-reactive ketones (excluding diaryl/α,β-unsaturated/α-hetero) is 2. The van der Waals surface area contributed by atoms with E-state index in [1.54, 1.807) is 0 Å². The summed E-state index contributed by atoms with van der Waals surface area (Å²) in [7, 11) is 0. The van der Waals surface area contributed by atoms with E-state index in [0.717, 1.165) is 25.3 Å². The van der Waals surface area contributed by atoms with Gasteiger partial charge in [0.1, 0.15) is 5.78 Å². The summed E-state index contributed by atoms with van der Waals surface area (Å²) in [5, 5.41) is 0. The van der Waals surface area contributed by atoms with Crippen molar-refractivity contribution in [3.05, 3.63) is 35.4 Å². The molecular weight excluding hydrogens is 238 g/mol. The van der Waals surface area contributed by atoms with Crippen LogP contribution >= 0.6 is 0 Å². The average molecular weight is 254 g/mol. The molecule has 0 saturated carbocycles. The van der Waals surface area contributed by atoms with Crippen LogP contribution in [0.15, 0.2) is 18.2 Å². The van der Waals surface area contributed by atoms with E-state index in [9.17, 15) is 18.4 Å². The first-order valence-corrected chi connectivity index (χ1v) is 6.05. The molecule has 0 heterocycles. The zero-order chi connectivity index (χ0) is 13.5. The van der Waals surface area contributed by atoms with Crippen molar-refractivity contribution >= 4 is 11.6 Å². The van der Waals surface area contributed by atoms with Crippen molar-refractivity contribution in [2.45, 2.75) is 39.0 Å². The topological polar surface area (TPSA) is 34.1 Å². The highest BCUT2D eigenvalue weighted by molar-refractivity contribution is 6.08. The van der Waals surface area contributed by atoms with Crippen molar-refractivity contribution in [1.82, 2.24) is 0 Å². The minimum Gasteiger partial charge on any atom is -0.299 e. The molecule has 1 aromatic carbocycles. The monoisotopic (exact) mass is 254 g/mol. The fourth-order valence-electron chi connectivity index (χ4n) is 1.65. The van der Waals surface area contributed by atoms with Crippen LogP contribution in [-0.4, -0.2) is 11.6 Å². The van der Waals surface area contributed by atoms with E-state index in [-0.39, 0.29) is 17.8 Å². The minimum absolute atomic E-state index is 0.225. The maximum atomic E-state index is 13.3. The second-order valence-corrected chi connectivity index (χ2v) is 4.20. The molecule has 4 heteroatoms. The predicted molar refractivity (Wildman–Crippen MR) is 64.5 cm³/mol. The second kappa shape index (κ2) is 6.99. The third kappa shape index (κ3) is 4.02. The Morgan fingerprint density at radius 3 is 2.56 bits per heavy atom. The van der Waals surface area contributed by atoms with Gasteiger partial charge < -0.3 is 0 Å². The Balaban J connectivity index is 2.60. The highest BCUT2D eigenvalue weighted by Crippen LogP contribution is 2.14. The standard InChI is InChI=1S/C14H16F2O2/c1-2-3-4-6-10(17)9-13(18)11-7-5-8-12(15)14(11)16/h5,7-8H,2-4,6,9H2,1H3. The van der Waals surface area contributed by atoms with Crippen molar-refractivity contribution in [3.8, 4) is 0 Å². The number of carbonyl (C=O) groups is 2. The van der Waals surface area contributed by atoms with Crippen LogP contribution in [0.5, 0.6) is 0 Å². The van der Waals surface area contributed by atoms with E-state index in [0.29, 0.717) is 6.42 Å². The van der Waals surface area contributed by atoms with Gasteiger partial charge in [-0.2, -0.15) is 0 Å². The van der Waals surface area contributed by atoms with Gasteiger partial charge in [0, 0.05) is 6.42 Å². The van der Waals surface area contributed by atoms with E-state index in [1.165, 1.54) is 12.1 Å². The summed E-state index contributed by atoms with van der Waals surface area (Å²) in [5.41, 5.74) is -0.348. The van der Waals surface area contributed by atoms with Crippen LogP contribution < -0.4 is 0 Å². The second-order valence-electron chi connectivity index (χ2n) is 4.20. The summed E-state index contributed by atoms with van der Waals surface area (Å²) in [4.78, 5) is 23.1. The maximum absolute atomic E-state index is 13.3. The van der Waals surface area contributed by atoms with Crippen LogP contribution in [0.3, 0.4) is 0 Å². The van der Waals surface area contributed by atoms with Crippen LogP contribution in [0.2, 0.25) is 0 Å². The first-order valence-electron chi connectivity index (χ1n) is 6.05. The molecule has 0 unspecified atom stereocenters. The van der Waals surface area contributed by atoms with E-state index in [1.807, 2.05) is 6.92 Å². The first kappa shape index (κ1) is 14.5. The van der Waals surface area contributed by atoms with Crippen molar-refractivity contribution in [1.29, 1.82) is 0 Å². The fourth-order valence-corrected chi connectivity index (χ4v) is 1.65. The third-order valence-electron chi connectivity index (χ3n) is 2.67. The quantitative estimate of drug-likeness (QED) is 0.422. The predicted octanol–water partition coefficient (Wildman–Crippen LogP) is 3.69. The van der Waals surface area contributed by atoms with Gasteiger partial charge in [-0.3, -0.25) is 9.59 Å². The Morgan fingerprint density at radius 1 is 1.17 bits per heavy atom. The summed E-state index contributed by atoms with van der Waals surface area (Å²) in [6, 6.07) is 3.39. The van der Waals surface area contributed by atoms with Gasteiger partial charge in [-0.05, 0) is 18.6 Å². The number of benzene rings is 1.